The minimum absolute atomic E-state index is 0.246. The van der Waals surface area contributed by atoms with E-state index >= 15 is 0 Å². The molecular weight excluding hydrogens is 373 g/mol. The number of hydrogen-bond acceptors (Lipinski definition) is 5. The predicted molar refractivity (Wildman–Crippen MR) is 100 cm³/mol. The summed E-state index contributed by atoms with van der Waals surface area (Å²) in [6, 6.07) is 12.1. The molecule has 0 saturated carbocycles. The molecule has 2 aromatic carbocycles. The maximum absolute atomic E-state index is 12.8. The zero-order chi connectivity index (χ0) is 19.2. The van der Waals surface area contributed by atoms with Crippen molar-refractivity contribution >= 4 is 27.4 Å². The first-order chi connectivity index (χ1) is 12.8. The highest BCUT2D eigenvalue weighted by Crippen LogP contribution is 2.32. The number of hydrogen-bond donors (Lipinski definition) is 1. The highest BCUT2D eigenvalue weighted by atomic mass is 32.1. The van der Waals surface area contributed by atoms with E-state index in [0.717, 1.165) is 33.5 Å². The van der Waals surface area contributed by atoms with Crippen molar-refractivity contribution in [3.05, 3.63) is 59.8 Å². The first-order valence-corrected chi connectivity index (χ1v) is 8.77. The number of halogens is 3. The van der Waals surface area contributed by atoms with Gasteiger partial charge >= 0.3 is 6.18 Å². The van der Waals surface area contributed by atoms with Gasteiger partial charge in [-0.2, -0.15) is 17.5 Å². The van der Waals surface area contributed by atoms with Gasteiger partial charge in [0.05, 0.1) is 21.7 Å². The molecule has 136 valence electrons. The van der Waals surface area contributed by atoms with Gasteiger partial charge in [0, 0.05) is 22.6 Å². The average Bonchev–Trinajstić information content (AvgIpc) is 3.01. The Kier molecular flexibility index (Phi) is 4.07. The SMILES string of the molecule is Cc1nsc2ccc(-c3nc(N)cc(-c4ccc(C(F)(F)F)cc4)n3)cc12. The molecule has 4 aromatic rings. The van der Waals surface area contributed by atoms with Crippen LogP contribution >= 0.6 is 11.5 Å². The van der Waals surface area contributed by atoms with Gasteiger partial charge in [0.2, 0.25) is 0 Å². The summed E-state index contributed by atoms with van der Waals surface area (Å²) in [6.07, 6.45) is -4.38. The fourth-order valence-electron chi connectivity index (χ4n) is 2.77. The van der Waals surface area contributed by atoms with Crippen LogP contribution in [0.25, 0.3) is 32.7 Å². The monoisotopic (exact) mass is 386 g/mol. The zero-order valence-corrected chi connectivity index (χ0v) is 14.9. The van der Waals surface area contributed by atoms with Crippen LogP contribution in [-0.4, -0.2) is 14.3 Å². The Bertz CT molecular complexity index is 1130. The molecule has 0 fully saturated rings. The van der Waals surface area contributed by atoms with Gasteiger partial charge in [-0.1, -0.05) is 12.1 Å². The molecule has 0 aliphatic heterocycles. The van der Waals surface area contributed by atoms with Gasteiger partial charge in [-0.15, -0.1) is 0 Å². The van der Waals surface area contributed by atoms with Gasteiger partial charge < -0.3 is 5.73 Å². The molecule has 27 heavy (non-hydrogen) atoms. The minimum atomic E-state index is -4.38. The van der Waals surface area contributed by atoms with E-state index in [1.807, 2.05) is 25.1 Å². The van der Waals surface area contributed by atoms with Gasteiger partial charge in [0.15, 0.2) is 5.82 Å². The number of aromatic nitrogens is 3. The van der Waals surface area contributed by atoms with Gasteiger partial charge in [-0.3, -0.25) is 0 Å². The van der Waals surface area contributed by atoms with Crippen LogP contribution in [0.3, 0.4) is 0 Å². The second kappa shape index (κ2) is 6.31. The van der Waals surface area contributed by atoms with Crippen LogP contribution < -0.4 is 5.73 Å². The fourth-order valence-corrected chi connectivity index (χ4v) is 3.54. The van der Waals surface area contributed by atoms with Crippen molar-refractivity contribution in [2.24, 2.45) is 0 Å². The lowest BCUT2D eigenvalue weighted by atomic mass is 10.1. The number of nitrogens with two attached hydrogens (primary N) is 1. The van der Waals surface area contributed by atoms with Gasteiger partial charge in [-0.05, 0) is 48.8 Å². The maximum atomic E-state index is 12.8. The van der Waals surface area contributed by atoms with E-state index in [4.69, 9.17) is 5.73 Å². The Morgan fingerprint density at radius 2 is 1.63 bits per heavy atom. The lowest BCUT2D eigenvalue weighted by Gasteiger charge is -2.09. The normalized spacial score (nSPS) is 11.9. The summed E-state index contributed by atoms with van der Waals surface area (Å²) < 4.78 is 43.6. The van der Waals surface area contributed by atoms with Crippen LogP contribution in [0.1, 0.15) is 11.3 Å². The van der Waals surface area contributed by atoms with Gasteiger partial charge in [-0.25, -0.2) is 9.97 Å². The quantitative estimate of drug-likeness (QED) is 0.506. The maximum Gasteiger partial charge on any atom is 0.416 e. The summed E-state index contributed by atoms with van der Waals surface area (Å²) >= 11 is 1.42. The van der Waals surface area contributed by atoms with E-state index < -0.39 is 11.7 Å². The van der Waals surface area contributed by atoms with E-state index in [9.17, 15) is 13.2 Å². The van der Waals surface area contributed by atoms with E-state index in [0.29, 0.717) is 17.1 Å². The van der Waals surface area contributed by atoms with Crippen LogP contribution in [0.4, 0.5) is 19.0 Å². The average molecular weight is 386 g/mol. The third kappa shape index (κ3) is 3.35. The van der Waals surface area contributed by atoms with Gasteiger partial charge in [0.1, 0.15) is 5.82 Å². The van der Waals surface area contributed by atoms with Crippen LogP contribution in [0.2, 0.25) is 0 Å². The molecule has 0 spiro atoms. The molecule has 0 unspecified atom stereocenters. The predicted octanol–water partition coefficient (Wildman–Crippen LogP) is 5.33. The van der Waals surface area contributed by atoms with Crippen molar-refractivity contribution < 1.29 is 13.2 Å². The number of anilines is 1. The molecule has 0 radical (unpaired) electrons. The standard InChI is InChI=1S/C19H13F3N4S/c1-10-14-8-12(4-7-16(14)27-26-10)18-24-15(9-17(23)25-18)11-2-5-13(6-3-11)19(20,21)22/h2-9H,1H3,(H2,23,24,25). The van der Waals surface area contributed by atoms with Crippen LogP contribution in [0, 0.1) is 6.92 Å². The molecule has 2 N–H and O–H groups in total. The number of alkyl halides is 3. The topological polar surface area (TPSA) is 64.7 Å². The van der Waals surface area contributed by atoms with E-state index in [-0.39, 0.29) is 5.82 Å². The molecule has 0 amide bonds. The largest absolute Gasteiger partial charge is 0.416 e. The minimum Gasteiger partial charge on any atom is -0.384 e. The summed E-state index contributed by atoms with van der Waals surface area (Å²) in [5, 5.41) is 1.01. The number of nitrogens with zero attached hydrogens (tertiary/aromatic N) is 3. The third-order valence-electron chi connectivity index (χ3n) is 4.16. The summed E-state index contributed by atoms with van der Waals surface area (Å²) in [6.45, 7) is 1.93. The molecule has 0 saturated heterocycles. The summed E-state index contributed by atoms with van der Waals surface area (Å²) in [5.41, 5.74) is 7.89. The molecule has 4 rings (SSSR count). The lowest BCUT2D eigenvalue weighted by molar-refractivity contribution is -0.137. The molecule has 2 heterocycles. The Morgan fingerprint density at radius 3 is 2.33 bits per heavy atom. The number of fused-ring (bicyclic) bond motifs is 1. The van der Waals surface area contributed by atoms with Crippen molar-refractivity contribution in [2.75, 3.05) is 5.73 Å². The smallest absolute Gasteiger partial charge is 0.384 e. The molecule has 0 bridgehead atoms. The number of rotatable bonds is 2. The fraction of sp³-hybridized carbons (Fsp3) is 0.105. The van der Waals surface area contributed by atoms with E-state index in [1.165, 1.54) is 23.7 Å². The number of aryl methyl sites for hydroxylation is 1. The van der Waals surface area contributed by atoms with Crippen molar-refractivity contribution in [1.82, 2.24) is 14.3 Å². The Morgan fingerprint density at radius 1 is 0.926 bits per heavy atom. The molecule has 8 heteroatoms. The molecule has 2 aromatic heterocycles. The molecule has 4 nitrogen and oxygen atoms in total. The Hall–Kier alpha value is -3.00. The Labute approximate surface area is 156 Å². The molecule has 0 aliphatic carbocycles. The van der Waals surface area contributed by atoms with Gasteiger partial charge in [0.25, 0.3) is 0 Å². The zero-order valence-electron chi connectivity index (χ0n) is 14.1. The lowest BCUT2D eigenvalue weighted by Crippen LogP contribution is -2.04. The molecular formula is C19H13F3N4S. The summed E-state index contributed by atoms with van der Waals surface area (Å²) in [5.74, 6) is 0.660. The first kappa shape index (κ1) is 17.4. The highest BCUT2D eigenvalue weighted by molar-refractivity contribution is 7.13. The second-order valence-electron chi connectivity index (χ2n) is 6.06. The van der Waals surface area contributed by atoms with Crippen LogP contribution in [-0.2, 0) is 6.18 Å². The van der Waals surface area contributed by atoms with Crippen LogP contribution in [0.15, 0.2) is 48.5 Å². The van der Waals surface area contributed by atoms with Crippen molar-refractivity contribution in [1.29, 1.82) is 0 Å². The van der Waals surface area contributed by atoms with Crippen LogP contribution in [0.5, 0.6) is 0 Å². The molecule has 0 atom stereocenters. The first-order valence-electron chi connectivity index (χ1n) is 8.00. The second-order valence-corrected chi connectivity index (χ2v) is 6.86. The number of benzene rings is 2. The van der Waals surface area contributed by atoms with Crippen molar-refractivity contribution in [3.63, 3.8) is 0 Å². The van der Waals surface area contributed by atoms with Crippen molar-refractivity contribution in [2.45, 2.75) is 13.1 Å². The van der Waals surface area contributed by atoms with E-state index in [2.05, 4.69) is 14.3 Å². The highest BCUT2D eigenvalue weighted by Gasteiger charge is 2.30. The van der Waals surface area contributed by atoms with Crippen molar-refractivity contribution in [3.8, 4) is 22.6 Å². The summed E-state index contributed by atoms with van der Waals surface area (Å²) in [4.78, 5) is 8.77. The number of nitrogen functional groups attached to an aromatic ring is 1. The summed E-state index contributed by atoms with van der Waals surface area (Å²) in [7, 11) is 0. The molecule has 0 aliphatic rings. The Balaban J connectivity index is 1.77. The van der Waals surface area contributed by atoms with E-state index in [1.54, 1.807) is 6.07 Å². The third-order valence-corrected chi connectivity index (χ3v) is 5.08.